The molecular weight excluding hydrogens is 296 g/mol. The van der Waals surface area contributed by atoms with Gasteiger partial charge in [-0.05, 0) is 18.2 Å². The SMILES string of the molecule is O=C(O)c1cc(-c2csc(-c3cccc(Cl)c3)n2)c[nH]1. The molecular formula is C14H9ClN2O2S. The fourth-order valence-corrected chi connectivity index (χ4v) is 2.84. The first kappa shape index (κ1) is 12.9. The number of halogens is 1. The summed E-state index contributed by atoms with van der Waals surface area (Å²) in [6.45, 7) is 0. The number of aromatic nitrogens is 2. The van der Waals surface area contributed by atoms with E-state index in [0.717, 1.165) is 21.8 Å². The first-order valence-corrected chi connectivity index (χ1v) is 7.03. The molecule has 0 fully saturated rings. The van der Waals surface area contributed by atoms with Gasteiger partial charge in [0.1, 0.15) is 10.7 Å². The maximum absolute atomic E-state index is 10.8. The minimum Gasteiger partial charge on any atom is -0.477 e. The van der Waals surface area contributed by atoms with E-state index < -0.39 is 5.97 Å². The van der Waals surface area contributed by atoms with Crippen molar-refractivity contribution in [2.45, 2.75) is 0 Å². The molecule has 0 amide bonds. The topological polar surface area (TPSA) is 66.0 Å². The predicted molar refractivity (Wildman–Crippen MR) is 79.3 cm³/mol. The van der Waals surface area contributed by atoms with E-state index in [-0.39, 0.29) is 5.69 Å². The molecule has 0 aliphatic carbocycles. The normalized spacial score (nSPS) is 10.7. The molecule has 20 heavy (non-hydrogen) atoms. The summed E-state index contributed by atoms with van der Waals surface area (Å²) >= 11 is 7.46. The number of aromatic carboxylic acids is 1. The van der Waals surface area contributed by atoms with E-state index in [4.69, 9.17) is 16.7 Å². The Hall–Kier alpha value is -2.11. The number of thiazole rings is 1. The Morgan fingerprint density at radius 1 is 1.30 bits per heavy atom. The summed E-state index contributed by atoms with van der Waals surface area (Å²) in [6, 6.07) is 9.04. The summed E-state index contributed by atoms with van der Waals surface area (Å²) in [5.41, 5.74) is 2.60. The average molecular weight is 305 g/mol. The second-order valence-electron chi connectivity index (χ2n) is 4.16. The molecule has 0 saturated carbocycles. The molecule has 0 radical (unpaired) electrons. The second kappa shape index (κ2) is 5.11. The van der Waals surface area contributed by atoms with Crippen LogP contribution in [-0.4, -0.2) is 21.0 Å². The van der Waals surface area contributed by atoms with E-state index >= 15 is 0 Å². The molecule has 0 saturated heterocycles. The number of hydrogen-bond acceptors (Lipinski definition) is 3. The number of nitrogens with one attached hydrogen (secondary N) is 1. The van der Waals surface area contributed by atoms with Gasteiger partial charge in [0.2, 0.25) is 0 Å². The Labute approximate surface area is 123 Å². The quantitative estimate of drug-likeness (QED) is 0.763. The second-order valence-corrected chi connectivity index (χ2v) is 5.45. The maximum atomic E-state index is 10.8. The molecule has 1 aromatic carbocycles. The fraction of sp³-hybridized carbons (Fsp3) is 0. The molecule has 3 rings (SSSR count). The smallest absolute Gasteiger partial charge is 0.352 e. The third kappa shape index (κ3) is 2.45. The number of benzene rings is 1. The van der Waals surface area contributed by atoms with E-state index in [1.54, 1.807) is 12.3 Å². The van der Waals surface area contributed by atoms with Gasteiger partial charge in [0.05, 0.1) is 5.69 Å². The molecule has 0 bridgehead atoms. The summed E-state index contributed by atoms with van der Waals surface area (Å²) in [6.07, 6.45) is 1.64. The van der Waals surface area contributed by atoms with Crippen LogP contribution in [0.5, 0.6) is 0 Å². The Morgan fingerprint density at radius 2 is 2.15 bits per heavy atom. The van der Waals surface area contributed by atoms with Crippen molar-refractivity contribution in [3.05, 3.63) is 52.6 Å². The van der Waals surface area contributed by atoms with Crippen LogP contribution in [0.3, 0.4) is 0 Å². The minimum absolute atomic E-state index is 0.150. The van der Waals surface area contributed by atoms with Gasteiger partial charge < -0.3 is 10.1 Å². The van der Waals surface area contributed by atoms with Gasteiger partial charge in [0.15, 0.2) is 0 Å². The first-order chi connectivity index (χ1) is 9.63. The summed E-state index contributed by atoms with van der Waals surface area (Å²) in [4.78, 5) is 18.1. The molecule has 0 atom stereocenters. The van der Waals surface area contributed by atoms with Crippen molar-refractivity contribution in [2.24, 2.45) is 0 Å². The van der Waals surface area contributed by atoms with Gasteiger partial charge in [-0.25, -0.2) is 9.78 Å². The van der Waals surface area contributed by atoms with E-state index in [2.05, 4.69) is 9.97 Å². The lowest BCUT2D eigenvalue weighted by Crippen LogP contribution is -1.94. The molecule has 2 aromatic heterocycles. The number of carboxylic acids is 1. The Morgan fingerprint density at radius 3 is 2.85 bits per heavy atom. The summed E-state index contributed by atoms with van der Waals surface area (Å²) < 4.78 is 0. The zero-order valence-electron chi connectivity index (χ0n) is 10.1. The van der Waals surface area contributed by atoms with Crippen LogP contribution in [0.25, 0.3) is 21.8 Å². The standard InChI is InChI=1S/C14H9ClN2O2S/c15-10-3-1-2-8(4-10)13-17-12(7-20-13)9-5-11(14(18)19)16-6-9/h1-7,16H,(H,18,19). The zero-order chi connectivity index (χ0) is 14.1. The Bertz CT molecular complexity index is 779. The number of carbonyl (C=O) groups is 1. The maximum Gasteiger partial charge on any atom is 0.352 e. The number of carboxylic acid groups (broad SMARTS) is 1. The van der Waals surface area contributed by atoms with Crippen molar-refractivity contribution in [1.29, 1.82) is 0 Å². The van der Waals surface area contributed by atoms with Crippen LogP contribution < -0.4 is 0 Å². The van der Waals surface area contributed by atoms with Gasteiger partial charge in [-0.1, -0.05) is 23.7 Å². The van der Waals surface area contributed by atoms with Crippen LogP contribution in [0.2, 0.25) is 5.02 Å². The Kier molecular flexibility index (Phi) is 3.30. The third-order valence-corrected chi connectivity index (χ3v) is 3.91. The van der Waals surface area contributed by atoms with E-state index in [9.17, 15) is 4.79 Å². The van der Waals surface area contributed by atoms with Gasteiger partial charge in [-0.3, -0.25) is 0 Å². The molecule has 3 aromatic rings. The highest BCUT2D eigenvalue weighted by Gasteiger charge is 2.11. The van der Waals surface area contributed by atoms with Gasteiger partial charge in [0.25, 0.3) is 0 Å². The molecule has 0 aliphatic rings. The van der Waals surface area contributed by atoms with Gasteiger partial charge in [-0.2, -0.15) is 0 Å². The van der Waals surface area contributed by atoms with Crippen molar-refractivity contribution in [3.8, 4) is 21.8 Å². The highest BCUT2D eigenvalue weighted by atomic mass is 35.5. The minimum atomic E-state index is -0.985. The molecule has 4 nitrogen and oxygen atoms in total. The number of rotatable bonds is 3. The number of aromatic amines is 1. The monoisotopic (exact) mass is 304 g/mol. The van der Waals surface area contributed by atoms with Crippen molar-refractivity contribution in [1.82, 2.24) is 9.97 Å². The average Bonchev–Trinajstić information content (AvgIpc) is 3.08. The molecule has 6 heteroatoms. The molecule has 2 N–H and O–H groups in total. The van der Waals surface area contributed by atoms with E-state index in [1.165, 1.54) is 11.3 Å². The highest BCUT2D eigenvalue weighted by Crippen LogP contribution is 2.30. The van der Waals surface area contributed by atoms with Crippen molar-refractivity contribution < 1.29 is 9.90 Å². The molecule has 0 spiro atoms. The lowest BCUT2D eigenvalue weighted by Gasteiger charge is -1.96. The zero-order valence-corrected chi connectivity index (χ0v) is 11.7. The first-order valence-electron chi connectivity index (χ1n) is 5.77. The number of nitrogens with zero attached hydrogens (tertiary/aromatic N) is 1. The van der Waals surface area contributed by atoms with Gasteiger partial charge in [-0.15, -0.1) is 11.3 Å². The Balaban J connectivity index is 1.95. The van der Waals surface area contributed by atoms with Crippen LogP contribution in [0.4, 0.5) is 0 Å². The van der Waals surface area contributed by atoms with Crippen LogP contribution in [-0.2, 0) is 0 Å². The lowest BCUT2D eigenvalue weighted by molar-refractivity contribution is 0.0691. The molecule has 100 valence electrons. The summed E-state index contributed by atoms with van der Waals surface area (Å²) in [7, 11) is 0. The predicted octanol–water partition coefficient (Wildman–Crippen LogP) is 4.16. The summed E-state index contributed by atoms with van der Waals surface area (Å²) in [5, 5.41) is 12.3. The molecule has 0 aliphatic heterocycles. The fourth-order valence-electron chi connectivity index (χ4n) is 1.83. The van der Waals surface area contributed by atoms with Crippen LogP contribution in [0, 0.1) is 0 Å². The third-order valence-electron chi connectivity index (χ3n) is 2.78. The lowest BCUT2D eigenvalue weighted by atomic mass is 10.2. The molecule has 0 unspecified atom stereocenters. The van der Waals surface area contributed by atoms with Crippen LogP contribution in [0.1, 0.15) is 10.5 Å². The number of hydrogen-bond donors (Lipinski definition) is 2. The van der Waals surface area contributed by atoms with Crippen molar-refractivity contribution in [2.75, 3.05) is 0 Å². The van der Waals surface area contributed by atoms with Crippen molar-refractivity contribution in [3.63, 3.8) is 0 Å². The molecule has 2 heterocycles. The van der Waals surface area contributed by atoms with E-state index in [0.29, 0.717) is 5.02 Å². The van der Waals surface area contributed by atoms with Gasteiger partial charge >= 0.3 is 5.97 Å². The largest absolute Gasteiger partial charge is 0.477 e. The van der Waals surface area contributed by atoms with Crippen LogP contribution >= 0.6 is 22.9 Å². The number of H-pyrrole nitrogens is 1. The van der Waals surface area contributed by atoms with Gasteiger partial charge in [0, 0.05) is 27.7 Å². The van der Waals surface area contributed by atoms with Crippen molar-refractivity contribution >= 4 is 28.9 Å². The van der Waals surface area contributed by atoms with E-state index in [1.807, 2.05) is 29.6 Å². The van der Waals surface area contributed by atoms with Crippen LogP contribution in [0.15, 0.2) is 41.9 Å². The highest BCUT2D eigenvalue weighted by molar-refractivity contribution is 7.13. The summed E-state index contributed by atoms with van der Waals surface area (Å²) in [5.74, 6) is -0.985.